The minimum atomic E-state index is -0.248. The van der Waals surface area contributed by atoms with Gasteiger partial charge >= 0.3 is 6.01 Å². The molecule has 11 heteroatoms. The number of halogens is 1. The molecule has 2 atom stereocenters. The van der Waals surface area contributed by atoms with E-state index < -0.39 is 0 Å². The third-order valence-corrected chi connectivity index (χ3v) is 10.1. The van der Waals surface area contributed by atoms with Gasteiger partial charge in [-0.2, -0.15) is 9.97 Å². The highest BCUT2D eigenvalue weighted by atomic mass is 35.5. The summed E-state index contributed by atoms with van der Waals surface area (Å²) >= 11 is 6.69. The van der Waals surface area contributed by atoms with Gasteiger partial charge in [0, 0.05) is 61.3 Å². The smallest absolute Gasteiger partial charge is 0.318 e. The maximum absolute atomic E-state index is 12.6. The summed E-state index contributed by atoms with van der Waals surface area (Å²) in [6.45, 7) is 17.9. The topological polar surface area (TPSA) is 82.3 Å². The van der Waals surface area contributed by atoms with Crippen LogP contribution in [0.25, 0.3) is 15.6 Å². The number of amides is 1. The van der Waals surface area contributed by atoms with Crippen molar-refractivity contribution in [3.05, 3.63) is 70.9 Å². The lowest BCUT2D eigenvalue weighted by atomic mass is 9.80. The zero-order valence-corrected chi connectivity index (χ0v) is 26.9. The lowest BCUT2D eigenvalue weighted by molar-refractivity contribution is -0.128. The van der Waals surface area contributed by atoms with E-state index in [2.05, 4.69) is 45.1 Å². The molecule has 2 fully saturated rings. The van der Waals surface area contributed by atoms with Crippen LogP contribution in [-0.2, 0) is 17.8 Å². The zero-order chi connectivity index (χ0) is 31.5. The Labute approximate surface area is 270 Å². The third-order valence-electron chi connectivity index (χ3n) is 9.82. The van der Waals surface area contributed by atoms with Gasteiger partial charge in [0.15, 0.2) is 0 Å². The van der Waals surface area contributed by atoms with Crippen LogP contribution < -0.4 is 14.5 Å². The van der Waals surface area contributed by atoms with Crippen molar-refractivity contribution in [3.8, 4) is 6.01 Å². The normalized spacial score (nSPS) is 19.2. The Morgan fingerprint density at radius 3 is 2.84 bits per heavy atom. The van der Waals surface area contributed by atoms with Gasteiger partial charge in [0.1, 0.15) is 18.5 Å². The van der Waals surface area contributed by atoms with Crippen molar-refractivity contribution in [2.75, 3.05) is 62.7 Å². The largest absolute Gasteiger partial charge is 0.462 e. The summed E-state index contributed by atoms with van der Waals surface area (Å²) in [5.41, 5.74) is 2.97. The van der Waals surface area contributed by atoms with Crippen LogP contribution in [0.5, 0.6) is 6.01 Å². The molecule has 2 aliphatic heterocycles. The minimum absolute atomic E-state index is 0.143. The first-order valence-corrected chi connectivity index (χ1v) is 16.3. The Hall–Kier alpha value is -3.94. The van der Waals surface area contributed by atoms with Gasteiger partial charge in [-0.15, -0.1) is 0 Å². The van der Waals surface area contributed by atoms with Gasteiger partial charge in [0.25, 0.3) is 0 Å². The highest BCUT2D eigenvalue weighted by Crippen LogP contribution is 2.37. The Morgan fingerprint density at radius 1 is 1.24 bits per heavy atom. The first-order valence-electron chi connectivity index (χ1n) is 15.9. The van der Waals surface area contributed by atoms with E-state index in [4.69, 9.17) is 32.9 Å². The van der Waals surface area contributed by atoms with Crippen molar-refractivity contribution < 1.29 is 9.53 Å². The maximum atomic E-state index is 12.6. The fourth-order valence-corrected chi connectivity index (χ4v) is 7.09. The molecule has 0 N–H and O–H groups in total. The summed E-state index contributed by atoms with van der Waals surface area (Å²) in [4.78, 5) is 39.3. The molecule has 1 aromatic carbocycles. The van der Waals surface area contributed by atoms with E-state index in [0.717, 1.165) is 59.0 Å². The molecule has 1 saturated heterocycles. The Bertz CT molecular complexity index is 1600. The van der Waals surface area contributed by atoms with Gasteiger partial charge in [-0.1, -0.05) is 36.7 Å². The van der Waals surface area contributed by atoms with Crippen molar-refractivity contribution in [2.45, 2.75) is 51.2 Å². The molecular weight excluding hydrogens is 588 g/mol. The number of rotatable bonds is 10. The van der Waals surface area contributed by atoms with Crippen LogP contribution in [0, 0.1) is 12.5 Å². The molecule has 45 heavy (non-hydrogen) atoms. The predicted octanol–water partition coefficient (Wildman–Crippen LogP) is 4.86. The highest BCUT2D eigenvalue weighted by molar-refractivity contribution is 6.36. The van der Waals surface area contributed by atoms with Crippen LogP contribution >= 0.6 is 11.6 Å². The highest BCUT2D eigenvalue weighted by Gasteiger charge is 2.35. The number of carbonyl (C=O) groups excluding carboxylic acids is 1. The molecule has 2 aromatic heterocycles. The number of pyridine rings is 1. The number of ether oxygens (including phenoxy) is 1. The van der Waals surface area contributed by atoms with Crippen molar-refractivity contribution in [1.29, 1.82) is 0 Å². The zero-order valence-electron chi connectivity index (χ0n) is 26.2. The van der Waals surface area contributed by atoms with Gasteiger partial charge in [0.05, 0.1) is 29.1 Å². The number of fused-ring (bicyclic) bond motifs is 2. The number of nitrogens with zero attached hydrogens (tertiary/aromatic N) is 8. The quantitative estimate of drug-likeness (QED) is 0.233. The SMILES string of the molecule is [C-]#[N+]C[C@H]1CN(c2nc(OCCN(C)[C@@H](C)C3CCC3)nc3c2CCN(c2cncc4cccc(Cl)c24)C3)CCN1C(=O)C=C. The van der Waals surface area contributed by atoms with E-state index in [1.807, 2.05) is 30.6 Å². The molecule has 10 nitrogen and oxygen atoms in total. The second-order valence-corrected chi connectivity index (χ2v) is 12.8. The van der Waals surface area contributed by atoms with Crippen molar-refractivity contribution >= 4 is 39.8 Å². The van der Waals surface area contributed by atoms with Crippen molar-refractivity contribution in [1.82, 2.24) is 24.8 Å². The molecule has 0 radical (unpaired) electrons. The number of aromatic nitrogens is 3. The fraction of sp³-hybridized carbons (Fsp3) is 0.500. The number of anilines is 2. The second kappa shape index (κ2) is 13.6. The number of hydrogen-bond acceptors (Lipinski definition) is 8. The van der Waals surface area contributed by atoms with Crippen molar-refractivity contribution in [3.63, 3.8) is 0 Å². The van der Waals surface area contributed by atoms with E-state index >= 15 is 0 Å². The van der Waals surface area contributed by atoms with Crippen molar-refractivity contribution in [2.24, 2.45) is 5.92 Å². The van der Waals surface area contributed by atoms with Crippen LogP contribution in [0.15, 0.2) is 43.2 Å². The number of benzene rings is 1. The van der Waals surface area contributed by atoms with Crippen LogP contribution in [-0.4, -0.2) is 95.7 Å². The molecule has 1 amide bonds. The summed E-state index contributed by atoms with van der Waals surface area (Å²) in [6, 6.07) is 6.51. The molecule has 1 aliphatic carbocycles. The van der Waals surface area contributed by atoms with Gasteiger partial charge in [-0.05, 0) is 51.3 Å². The van der Waals surface area contributed by atoms with Gasteiger partial charge in [0.2, 0.25) is 12.5 Å². The lowest BCUT2D eigenvalue weighted by Crippen LogP contribution is -2.56. The number of likely N-dealkylation sites (N-methyl/N-ethyl adjacent to an activating group) is 1. The van der Waals surface area contributed by atoms with Crippen LogP contribution in [0.4, 0.5) is 11.5 Å². The number of hydrogen-bond donors (Lipinski definition) is 0. The predicted molar refractivity (Wildman–Crippen MR) is 178 cm³/mol. The standard InChI is InChI=1S/C34H41ClN8O2/c1-5-31(44)43-15-14-42(21-26(43)19-36-3)33-27-12-13-41(30-20-37-18-25-10-7-11-28(35)32(25)30)22-29(27)38-34(39-33)45-17-16-40(4)23(2)24-8-6-9-24/h5,7,10-11,18,20,23-24,26H,1,6,8-9,12-17,19,21-22H2,2,4H3/t23-,26-/m0/s1. The average molecular weight is 629 g/mol. The molecule has 0 bridgehead atoms. The number of carbonyl (C=O) groups is 1. The summed E-state index contributed by atoms with van der Waals surface area (Å²) in [5.74, 6) is 1.45. The Morgan fingerprint density at radius 2 is 2.09 bits per heavy atom. The van der Waals surface area contributed by atoms with Crippen LogP contribution in [0.1, 0.15) is 37.4 Å². The third kappa shape index (κ3) is 6.42. The molecule has 0 spiro atoms. The van der Waals surface area contributed by atoms with Crippen LogP contribution in [0.3, 0.4) is 0 Å². The summed E-state index contributed by atoms with van der Waals surface area (Å²) < 4.78 is 6.27. The van der Waals surface area contributed by atoms with Gasteiger partial charge in [-0.25, -0.2) is 6.57 Å². The van der Waals surface area contributed by atoms with Gasteiger partial charge in [-0.3, -0.25) is 9.78 Å². The van der Waals surface area contributed by atoms with E-state index in [1.165, 1.54) is 25.3 Å². The minimum Gasteiger partial charge on any atom is -0.462 e. The Balaban J connectivity index is 1.29. The monoisotopic (exact) mass is 628 g/mol. The Kier molecular flexibility index (Phi) is 9.38. The lowest BCUT2D eigenvalue weighted by Gasteiger charge is -2.41. The molecule has 0 unspecified atom stereocenters. The fourth-order valence-electron chi connectivity index (χ4n) is 6.81. The molecular formula is C34H41ClN8O2. The molecule has 4 heterocycles. The summed E-state index contributed by atoms with van der Waals surface area (Å²) in [5, 5.41) is 2.68. The van der Waals surface area contributed by atoms with E-state index in [0.29, 0.717) is 49.9 Å². The molecule has 3 aliphatic rings. The first-order chi connectivity index (χ1) is 21.9. The molecule has 236 valence electrons. The number of piperazine rings is 1. The van der Waals surface area contributed by atoms with E-state index in [1.54, 1.807) is 4.90 Å². The summed E-state index contributed by atoms with van der Waals surface area (Å²) in [7, 11) is 2.16. The average Bonchev–Trinajstić information content (AvgIpc) is 3.03. The van der Waals surface area contributed by atoms with Crippen LogP contribution in [0.2, 0.25) is 5.02 Å². The van der Waals surface area contributed by atoms with Gasteiger partial charge < -0.3 is 29.2 Å². The molecule has 6 rings (SSSR count). The van der Waals surface area contributed by atoms with E-state index in [-0.39, 0.29) is 18.5 Å². The summed E-state index contributed by atoms with van der Waals surface area (Å²) in [6.07, 6.45) is 9.71. The molecule has 1 saturated carbocycles. The van der Waals surface area contributed by atoms with E-state index in [9.17, 15) is 4.79 Å². The first kappa shape index (κ1) is 31.1. The molecule has 3 aromatic rings. The second-order valence-electron chi connectivity index (χ2n) is 12.4. The maximum Gasteiger partial charge on any atom is 0.318 e.